The summed E-state index contributed by atoms with van der Waals surface area (Å²) in [5.41, 5.74) is 0. The van der Waals surface area contributed by atoms with Crippen LogP contribution in [0.1, 0.15) is 13.3 Å². The minimum atomic E-state index is -5.03. The Hall–Kier alpha value is -1.31. The number of aliphatic carboxylic acids is 1. The van der Waals surface area contributed by atoms with E-state index in [1.807, 2.05) is 0 Å². The molecule has 5 nitrogen and oxygen atoms in total. The Morgan fingerprint density at radius 3 is 2.24 bits per heavy atom. The zero-order valence-electron chi connectivity index (χ0n) is 9.20. The zero-order valence-corrected chi connectivity index (χ0v) is 9.20. The first-order chi connectivity index (χ1) is 7.70. The summed E-state index contributed by atoms with van der Waals surface area (Å²) in [6.07, 6.45) is -5.07. The number of carbonyl (C=O) groups excluding carboxylic acids is 1. The summed E-state index contributed by atoms with van der Waals surface area (Å²) in [7, 11) is 0. The number of halogens is 3. The lowest BCUT2D eigenvalue weighted by atomic mass is 10.1. The quantitative estimate of drug-likeness (QED) is 0.725. The van der Waals surface area contributed by atoms with E-state index in [0.717, 1.165) is 0 Å². The third kappa shape index (κ3) is 5.53. The van der Waals surface area contributed by atoms with E-state index in [2.05, 4.69) is 0 Å². The van der Waals surface area contributed by atoms with Gasteiger partial charge in [-0.25, -0.2) is 0 Å². The number of alkyl halides is 3. The van der Waals surface area contributed by atoms with Crippen molar-refractivity contribution < 1.29 is 33.0 Å². The lowest BCUT2D eigenvalue weighted by molar-refractivity contribution is -0.186. The highest BCUT2D eigenvalue weighted by Gasteiger charge is 2.42. The summed E-state index contributed by atoms with van der Waals surface area (Å²) in [6.45, 7) is -0.0266. The predicted molar refractivity (Wildman–Crippen MR) is 51.1 cm³/mol. The van der Waals surface area contributed by atoms with Crippen LogP contribution in [0.3, 0.4) is 0 Å². The van der Waals surface area contributed by atoms with Crippen LogP contribution in [0.15, 0.2) is 0 Å². The first kappa shape index (κ1) is 15.7. The van der Waals surface area contributed by atoms with Gasteiger partial charge in [0.2, 0.25) is 0 Å². The molecule has 100 valence electrons. The normalized spacial score (nSPS) is 13.2. The molecule has 0 aromatic rings. The van der Waals surface area contributed by atoms with Crippen LogP contribution in [0, 0.1) is 5.92 Å². The van der Waals surface area contributed by atoms with Crippen molar-refractivity contribution in [1.82, 2.24) is 4.90 Å². The maximum Gasteiger partial charge on any atom is 0.471 e. The Labute approximate surface area is 95.8 Å². The van der Waals surface area contributed by atoms with E-state index in [1.165, 1.54) is 6.92 Å². The van der Waals surface area contributed by atoms with Gasteiger partial charge in [0.05, 0.1) is 5.92 Å². The first-order valence-corrected chi connectivity index (χ1v) is 4.90. The van der Waals surface area contributed by atoms with Gasteiger partial charge in [0.25, 0.3) is 0 Å². The Kier molecular flexibility index (Phi) is 5.94. The van der Waals surface area contributed by atoms with E-state index in [4.69, 9.17) is 10.2 Å². The van der Waals surface area contributed by atoms with Crippen LogP contribution in [-0.4, -0.2) is 52.9 Å². The molecular formula is C9H14F3NO4. The fourth-order valence-electron chi connectivity index (χ4n) is 1.13. The number of rotatable bonds is 6. The number of hydrogen-bond acceptors (Lipinski definition) is 3. The van der Waals surface area contributed by atoms with Gasteiger partial charge in [0, 0.05) is 19.7 Å². The monoisotopic (exact) mass is 257 g/mol. The van der Waals surface area contributed by atoms with Gasteiger partial charge in [-0.3, -0.25) is 9.59 Å². The maximum absolute atomic E-state index is 12.2. The summed E-state index contributed by atoms with van der Waals surface area (Å²) in [4.78, 5) is 21.9. The van der Waals surface area contributed by atoms with Gasteiger partial charge in [-0.1, -0.05) is 6.92 Å². The molecule has 0 aromatic heterocycles. The number of amides is 1. The van der Waals surface area contributed by atoms with E-state index in [0.29, 0.717) is 4.90 Å². The lowest BCUT2D eigenvalue weighted by Crippen LogP contribution is -2.44. The molecule has 0 aliphatic rings. The van der Waals surface area contributed by atoms with Crippen molar-refractivity contribution >= 4 is 11.9 Å². The van der Waals surface area contributed by atoms with Gasteiger partial charge < -0.3 is 15.1 Å². The van der Waals surface area contributed by atoms with Crippen molar-refractivity contribution in [2.75, 3.05) is 19.7 Å². The Morgan fingerprint density at radius 1 is 1.35 bits per heavy atom. The van der Waals surface area contributed by atoms with Crippen LogP contribution >= 0.6 is 0 Å². The highest BCUT2D eigenvalue weighted by molar-refractivity contribution is 5.82. The number of carboxylic acid groups (broad SMARTS) is 1. The molecule has 1 atom stereocenters. The van der Waals surface area contributed by atoms with Crippen molar-refractivity contribution in [2.24, 2.45) is 5.92 Å². The van der Waals surface area contributed by atoms with Crippen molar-refractivity contribution in [3.63, 3.8) is 0 Å². The second-order valence-corrected chi connectivity index (χ2v) is 3.57. The molecule has 0 heterocycles. The molecule has 0 fully saturated rings. The Morgan fingerprint density at radius 2 is 1.88 bits per heavy atom. The first-order valence-electron chi connectivity index (χ1n) is 4.90. The average molecular weight is 257 g/mol. The molecule has 0 saturated carbocycles. The summed E-state index contributed by atoms with van der Waals surface area (Å²) in [6, 6.07) is 0. The second-order valence-electron chi connectivity index (χ2n) is 3.57. The van der Waals surface area contributed by atoms with Crippen LogP contribution in [0.5, 0.6) is 0 Å². The number of carbonyl (C=O) groups is 2. The van der Waals surface area contributed by atoms with Crippen LogP contribution in [0.25, 0.3) is 0 Å². The summed E-state index contributed by atoms with van der Waals surface area (Å²) < 4.78 is 36.5. The SMILES string of the molecule is CC(CN(CCCO)C(=O)C(F)(F)F)C(=O)O. The standard InChI is InChI=1S/C9H14F3NO4/c1-6(7(15)16)5-13(3-2-4-14)8(17)9(10,11)12/h6,14H,2-5H2,1H3,(H,15,16). The highest BCUT2D eigenvalue weighted by atomic mass is 19.4. The third-order valence-electron chi connectivity index (χ3n) is 2.03. The predicted octanol–water partition coefficient (Wildman–Crippen LogP) is 0.480. The van der Waals surface area contributed by atoms with Gasteiger partial charge in [-0.2, -0.15) is 13.2 Å². The molecule has 17 heavy (non-hydrogen) atoms. The summed E-state index contributed by atoms with van der Waals surface area (Å²) in [5, 5.41) is 17.1. The van der Waals surface area contributed by atoms with E-state index in [1.54, 1.807) is 0 Å². The molecule has 0 radical (unpaired) electrons. The molecule has 8 heteroatoms. The molecule has 0 bridgehead atoms. The average Bonchev–Trinajstić information content (AvgIpc) is 2.21. The smallest absolute Gasteiger partial charge is 0.471 e. The zero-order chi connectivity index (χ0) is 13.6. The summed E-state index contributed by atoms with van der Waals surface area (Å²) >= 11 is 0. The molecule has 0 saturated heterocycles. The molecule has 0 aromatic carbocycles. The van der Waals surface area contributed by atoms with Crippen molar-refractivity contribution in [3.05, 3.63) is 0 Å². The number of hydrogen-bond donors (Lipinski definition) is 2. The maximum atomic E-state index is 12.2. The fraction of sp³-hybridized carbons (Fsp3) is 0.778. The van der Waals surface area contributed by atoms with Crippen molar-refractivity contribution in [3.8, 4) is 0 Å². The third-order valence-corrected chi connectivity index (χ3v) is 2.03. The Bertz CT molecular complexity index is 280. The number of aliphatic hydroxyl groups excluding tert-OH is 1. The van der Waals surface area contributed by atoms with Gasteiger partial charge in [-0.05, 0) is 6.42 Å². The largest absolute Gasteiger partial charge is 0.481 e. The van der Waals surface area contributed by atoms with Gasteiger partial charge in [0.1, 0.15) is 0 Å². The van der Waals surface area contributed by atoms with Crippen LogP contribution < -0.4 is 0 Å². The van der Waals surface area contributed by atoms with Gasteiger partial charge in [-0.15, -0.1) is 0 Å². The number of carboxylic acids is 1. The van der Waals surface area contributed by atoms with Crippen molar-refractivity contribution in [2.45, 2.75) is 19.5 Å². The van der Waals surface area contributed by atoms with E-state index < -0.39 is 30.5 Å². The minimum absolute atomic E-state index is 0.0336. The van der Waals surface area contributed by atoms with Crippen molar-refractivity contribution in [1.29, 1.82) is 0 Å². The Balaban J connectivity index is 4.64. The van der Waals surface area contributed by atoms with Gasteiger partial charge in [0.15, 0.2) is 0 Å². The van der Waals surface area contributed by atoms with Gasteiger partial charge >= 0.3 is 18.1 Å². The molecule has 1 amide bonds. The molecule has 1 unspecified atom stereocenters. The molecule has 2 N–H and O–H groups in total. The van der Waals surface area contributed by atoms with E-state index in [-0.39, 0.29) is 19.6 Å². The molecular weight excluding hydrogens is 243 g/mol. The minimum Gasteiger partial charge on any atom is -0.481 e. The van der Waals surface area contributed by atoms with Crippen LogP contribution in [0.4, 0.5) is 13.2 Å². The highest BCUT2D eigenvalue weighted by Crippen LogP contribution is 2.19. The van der Waals surface area contributed by atoms with Crippen LogP contribution in [0.2, 0.25) is 0 Å². The second kappa shape index (κ2) is 6.43. The van der Waals surface area contributed by atoms with E-state index >= 15 is 0 Å². The number of nitrogens with zero attached hydrogens (tertiary/aromatic N) is 1. The fourth-order valence-corrected chi connectivity index (χ4v) is 1.13. The number of aliphatic hydroxyl groups is 1. The molecule has 0 rings (SSSR count). The summed E-state index contributed by atoms with van der Waals surface area (Å²) in [5.74, 6) is -4.46. The molecule has 0 aliphatic carbocycles. The molecule has 0 spiro atoms. The topological polar surface area (TPSA) is 77.8 Å². The van der Waals surface area contributed by atoms with Crippen LogP contribution in [-0.2, 0) is 9.59 Å². The lowest BCUT2D eigenvalue weighted by Gasteiger charge is -2.25. The molecule has 0 aliphatic heterocycles. The van der Waals surface area contributed by atoms with E-state index in [9.17, 15) is 22.8 Å².